The Morgan fingerprint density at radius 2 is 1.08 bits per heavy atom. The Balaban J connectivity index is 2.28. The molecule has 25 heavy (non-hydrogen) atoms. The first-order valence-corrected chi connectivity index (χ1v) is 8.67. The second-order valence-corrected chi connectivity index (χ2v) is 5.99. The quantitative estimate of drug-likeness (QED) is 0.394. The maximum atomic E-state index is 12.9. The number of ether oxygens (including phenoxy) is 2. The predicted molar refractivity (Wildman–Crippen MR) is 96.4 cm³/mol. The fourth-order valence-electron chi connectivity index (χ4n) is 2.86. The topological polar surface area (TPSA) is 52.6 Å². The van der Waals surface area contributed by atoms with Crippen molar-refractivity contribution in [3.63, 3.8) is 0 Å². The number of carbonyl (C=O) groups excluding carboxylic acids is 2. The Bertz CT molecular complexity index is 618. The zero-order valence-corrected chi connectivity index (χ0v) is 14.7. The van der Waals surface area contributed by atoms with Crippen LogP contribution in [0.1, 0.15) is 39.5 Å². The maximum Gasteiger partial charge on any atom is 0.328 e. The van der Waals surface area contributed by atoms with Crippen molar-refractivity contribution in [1.82, 2.24) is 0 Å². The van der Waals surface area contributed by atoms with Crippen LogP contribution in [0.4, 0.5) is 0 Å². The number of hydrogen-bond acceptors (Lipinski definition) is 4. The molecular weight excluding hydrogens is 316 g/mol. The summed E-state index contributed by atoms with van der Waals surface area (Å²) in [7, 11) is 0. The van der Waals surface area contributed by atoms with Gasteiger partial charge in [-0.2, -0.15) is 0 Å². The van der Waals surface area contributed by atoms with Crippen molar-refractivity contribution in [2.75, 3.05) is 0 Å². The first kappa shape index (κ1) is 18.7. The number of carbonyl (C=O) groups is 2. The summed E-state index contributed by atoms with van der Waals surface area (Å²) in [5, 5.41) is 0. The van der Waals surface area contributed by atoms with E-state index in [2.05, 4.69) is 0 Å². The minimum atomic E-state index is -1.30. The molecule has 0 fully saturated rings. The van der Waals surface area contributed by atoms with Gasteiger partial charge in [0.2, 0.25) is 0 Å². The van der Waals surface area contributed by atoms with E-state index in [1.165, 1.54) is 0 Å². The number of benzene rings is 2. The van der Waals surface area contributed by atoms with E-state index in [1.807, 2.05) is 26.0 Å². The zero-order chi connectivity index (χ0) is 18.1. The van der Waals surface area contributed by atoms with Crippen molar-refractivity contribution in [3.05, 3.63) is 60.7 Å². The van der Waals surface area contributed by atoms with Crippen LogP contribution >= 0.6 is 0 Å². The highest BCUT2D eigenvalue weighted by Gasteiger charge is 2.48. The highest BCUT2D eigenvalue weighted by molar-refractivity contribution is 6.01. The van der Waals surface area contributed by atoms with Crippen molar-refractivity contribution < 1.29 is 19.1 Å². The van der Waals surface area contributed by atoms with Crippen LogP contribution in [0.25, 0.3) is 0 Å². The summed E-state index contributed by atoms with van der Waals surface area (Å²) in [5.74, 6) is -0.250. The molecule has 2 aromatic rings. The summed E-state index contributed by atoms with van der Waals surface area (Å²) in [6.07, 6.45) is 2.12. The van der Waals surface area contributed by atoms with Crippen LogP contribution in [0, 0.1) is 5.41 Å². The van der Waals surface area contributed by atoms with E-state index in [4.69, 9.17) is 9.47 Å². The molecular formula is C21H24O4. The summed E-state index contributed by atoms with van der Waals surface area (Å²) in [6, 6.07) is 17.6. The number of para-hydroxylation sites is 2. The Morgan fingerprint density at radius 1 is 0.720 bits per heavy atom. The molecule has 0 saturated carbocycles. The molecule has 0 aliphatic heterocycles. The molecule has 0 atom stereocenters. The fraction of sp³-hybridized carbons (Fsp3) is 0.333. The van der Waals surface area contributed by atoms with Crippen molar-refractivity contribution >= 4 is 11.9 Å². The largest absolute Gasteiger partial charge is 0.426 e. The van der Waals surface area contributed by atoms with E-state index in [1.54, 1.807) is 48.5 Å². The van der Waals surface area contributed by atoms with Gasteiger partial charge < -0.3 is 9.47 Å². The van der Waals surface area contributed by atoms with Crippen LogP contribution in [0.15, 0.2) is 60.7 Å². The maximum absolute atomic E-state index is 12.9. The summed E-state index contributed by atoms with van der Waals surface area (Å²) in [4.78, 5) is 25.8. The van der Waals surface area contributed by atoms with Crippen LogP contribution in [-0.2, 0) is 9.59 Å². The molecule has 0 amide bonds. The molecule has 2 rings (SSSR count). The SMILES string of the molecule is CCCC(CCC)(C(=O)Oc1ccccc1)C(=O)Oc1ccccc1. The molecule has 0 N–H and O–H groups in total. The summed E-state index contributed by atoms with van der Waals surface area (Å²) >= 11 is 0. The summed E-state index contributed by atoms with van der Waals surface area (Å²) in [6.45, 7) is 3.88. The third kappa shape index (κ3) is 4.69. The van der Waals surface area contributed by atoms with Gasteiger partial charge in [0.1, 0.15) is 11.5 Å². The van der Waals surface area contributed by atoms with Crippen molar-refractivity contribution in [3.8, 4) is 11.5 Å². The lowest BCUT2D eigenvalue weighted by atomic mass is 9.79. The lowest BCUT2D eigenvalue weighted by Gasteiger charge is -2.28. The molecule has 0 aliphatic carbocycles. The van der Waals surface area contributed by atoms with Gasteiger partial charge in [-0.1, -0.05) is 63.1 Å². The molecule has 0 aliphatic rings. The second-order valence-electron chi connectivity index (χ2n) is 5.99. The lowest BCUT2D eigenvalue weighted by molar-refractivity contribution is -0.162. The van der Waals surface area contributed by atoms with E-state index in [9.17, 15) is 9.59 Å². The van der Waals surface area contributed by atoms with Crippen LogP contribution in [0.2, 0.25) is 0 Å². The molecule has 0 saturated heterocycles. The van der Waals surface area contributed by atoms with Crippen LogP contribution in [0.3, 0.4) is 0 Å². The summed E-state index contributed by atoms with van der Waals surface area (Å²) in [5.41, 5.74) is -1.30. The van der Waals surface area contributed by atoms with Gasteiger partial charge in [-0.25, -0.2) is 0 Å². The second kappa shape index (κ2) is 9.02. The van der Waals surface area contributed by atoms with Gasteiger partial charge in [0.05, 0.1) is 0 Å². The molecule has 0 radical (unpaired) electrons. The van der Waals surface area contributed by atoms with Gasteiger partial charge in [-0.15, -0.1) is 0 Å². The molecule has 0 unspecified atom stereocenters. The van der Waals surface area contributed by atoms with Crippen molar-refractivity contribution in [2.45, 2.75) is 39.5 Å². The van der Waals surface area contributed by atoms with E-state index in [-0.39, 0.29) is 0 Å². The first-order chi connectivity index (χ1) is 12.1. The average Bonchev–Trinajstić information content (AvgIpc) is 2.63. The fourth-order valence-corrected chi connectivity index (χ4v) is 2.86. The van der Waals surface area contributed by atoms with Crippen LogP contribution < -0.4 is 9.47 Å². The van der Waals surface area contributed by atoms with Gasteiger partial charge in [0.25, 0.3) is 0 Å². The number of rotatable bonds is 8. The Labute approximate surface area is 148 Å². The standard InChI is InChI=1S/C21H24O4/c1-3-15-21(16-4-2,19(22)24-17-11-7-5-8-12-17)20(23)25-18-13-9-6-10-14-18/h5-14H,3-4,15-16H2,1-2H3. The molecule has 0 heterocycles. The normalized spacial score (nSPS) is 11.0. The third-order valence-corrected chi connectivity index (χ3v) is 4.04. The molecule has 4 heteroatoms. The van der Waals surface area contributed by atoms with Crippen LogP contribution in [-0.4, -0.2) is 11.9 Å². The Hall–Kier alpha value is -2.62. The molecule has 0 spiro atoms. The predicted octanol–water partition coefficient (Wildman–Crippen LogP) is 4.78. The van der Waals surface area contributed by atoms with E-state index in [0.717, 1.165) is 0 Å². The van der Waals surface area contributed by atoms with Gasteiger partial charge in [0, 0.05) is 0 Å². The van der Waals surface area contributed by atoms with Gasteiger partial charge >= 0.3 is 11.9 Å². The van der Waals surface area contributed by atoms with Crippen molar-refractivity contribution in [2.24, 2.45) is 5.41 Å². The smallest absolute Gasteiger partial charge is 0.328 e. The Kier molecular flexibility index (Phi) is 6.75. The molecule has 132 valence electrons. The van der Waals surface area contributed by atoms with Gasteiger partial charge in [-0.05, 0) is 37.1 Å². The zero-order valence-electron chi connectivity index (χ0n) is 14.7. The summed E-state index contributed by atoms with van der Waals surface area (Å²) < 4.78 is 11.0. The molecule has 0 bridgehead atoms. The highest BCUT2D eigenvalue weighted by atomic mass is 16.6. The molecule has 0 aromatic heterocycles. The van der Waals surface area contributed by atoms with Gasteiger partial charge in [-0.3, -0.25) is 9.59 Å². The van der Waals surface area contributed by atoms with E-state index >= 15 is 0 Å². The number of hydrogen-bond donors (Lipinski definition) is 0. The molecule has 4 nitrogen and oxygen atoms in total. The minimum Gasteiger partial charge on any atom is -0.426 e. The minimum absolute atomic E-state index is 0.387. The highest BCUT2D eigenvalue weighted by Crippen LogP contribution is 2.34. The first-order valence-electron chi connectivity index (χ1n) is 8.67. The average molecular weight is 340 g/mol. The van der Waals surface area contributed by atoms with Crippen molar-refractivity contribution in [1.29, 1.82) is 0 Å². The van der Waals surface area contributed by atoms with Crippen LogP contribution in [0.5, 0.6) is 11.5 Å². The lowest BCUT2D eigenvalue weighted by Crippen LogP contribution is -2.44. The van der Waals surface area contributed by atoms with E-state index < -0.39 is 17.4 Å². The Morgan fingerprint density at radius 3 is 1.40 bits per heavy atom. The third-order valence-electron chi connectivity index (χ3n) is 4.04. The van der Waals surface area contributed by atoms with Gasteiger partial charge in [0.15, 0.2) is 5.41 Å². The monoisotopic (exact) mass is 340 g/mol. The molecule has 2 aromatic carbocycles. The van der Waals surface area contributed by atoms with E-state index in [0.29, 0.717) is 37.2 Å². The number of esters is 2.